The number of nitrogens with one attached hydrogen (secondary N) is 2. The molecule has 2 aromatic rings. The van der Waals surface area contributed by atoms with E-state index < -0.39 is 0 Å². The summed E-state index contributed by atoms with van der Waals surface area (Å²) in [5.41, 5.74) is 1.82. The summed E-state index contributed by atoms with van der Waals surface area (Å²) in [6.45, 7) is 2.59. The third kappa shape index (κ3) is 5.91. The number of methoxy groups -OCH3 is 1. The number of hydrogen-bond donors (Lipinski definition) is 2. The van der Waals surface area contributed by atoms with Gasteiger partial charge in [0.05, 0.1) is 19.0 Å². The molecule has 0 spiro atoms. The second kappa shape index (κ2) is 11.9. The molecule has 0 bridgehead atoms. The highest BCUT2D eigenvalue weighted by molar-refractivity contribution is 5.97. The predicted octanol–water partition coefficient (Wildman–Crippen LogP) is 3.09. The van der Waals surface area contributed by atoms with Gasteiger partial charge in [0.1, 0.15) is 11.4 Å². The fraction of sp³-hybridized carbons (Fsp3) is 0.536. The van der Waals surface area contributed by atoms with Gasteiger partial charge < -0.3 is 30.1 Å². The third-order valence-electron chi connectivity index (χ3n) is 7.86. The number of anilines is 4. The Morgan fingerprint density at radius 3 is 2.67 bits per heavy atom. The minimum absolute atomic E-state index is 0.0566. The Bertz CT molecular complexity index is 1230. The SMILES string of the molecule is COc1cc(C(=O)NCCCN2CCCC2=O)ccc1Nc1ncc2c(n1)N(C1CCCC1)CCC(=O)N2C. The first-order valence-electron chi connectivity index (χ1n) is 13.9. The van der Waals surface area contributed by atoms with Crippen molar-refractivity contribution < 1.29 is 19.1 Å². The van der Waals surface area contributed by atoms with Crippen LogP contribution in [0.4, 0.5) is 23.1 Å². The van der Waals surface area contributed by atoms with E-state index in [1.165, 1.54) is 12.8 Å². The van der Waals surface area contributed by atoms with Gasteiger partial charge in [0.2, 0.25) is 17.8 Å². The Hall–Kier alpha value is -3.89. The number of amides is 3. The zero-order valence-electron chi connectivity index (χ0n) is 22.7. The average molecular weight is 536 g/mol. The van der Waals surface area contributed by atoms with Crippen LogP contribution in [-0.4, -0.2) is 79.0 Å². The summed E-state index contributed by atoms with van der Waals surface area (Å²) in [5.74, 6) is 1.70. The minimum Gasteiger partial charge on any atom is -0.495 e. The van der Waals surface area contributed by atoms with Crippen molar-refractivity contribution >= 4 is 40.9 Å². The number of benzene rings is 1. The maximum Gasteiger partial charge on any atom is 0.251 e. The van der Waals surface area contributed by atoms with Crippen LogP contribution in [-0.2, 0) is 9.59 Å². The topological polar surface area (TPSA) is 120 Å². The molecule has 1 aliphatic carbocycles. The van der Waals surface area contributed by atoms with E-state index in [1.807, 2.05) is 4.90 Å². The van der Waals surface area contributed by atoms with Crippen LogP contribution >= 0.6 is 0 Å². The Morgan fingerprint density at radius 1 is 1.10 bits per heavy atom. The fourth-order valence-corrected chi connectivity index (χ4v) is 5.64. The van der Waals surface area contributed by atoms with Gasteiger partial charge in [0.25, 0.3) is 5.91 Å². The van der Waals surface area contributed by atoms with Crippen molar-refractivity contribution in [3.63, 3.8) is 0 Å². The number of fused-ring (bicyclic) bond motifs is 1. The molecule has 1 saturated carbocycles. The van der Waals surface area contributed by atoms with Crippen molar-refractivity contribution in [1.82, 2.24) is 20.2 Å². The Balaban J connectivity index is 1.27. The van der Waals surface area contributed by atoms with Gasteiger partial charge in [-0.3, -0.25) is 14.4 Å². The lowest BCUT2D eigenvalue weighted by Gasteiger charge is -2.30. The van der Waals surface area contributed by atoms with E-state index in [2.05, 4.69) is 20.5 Å². The van der Waals surface area contributed by atoms with E-state index in [9.17, 15) is 14.4 Å². The standard InChI is InChI=1S/C28H37N7O4/c1-33-22-18-30-28(32-26(22)35(16-12-24(33)36)20-7-3-4-8-20)31-21-11-10-19(17-23(21)39-2)27(38)29-13-6-15-34-14-5-9-25(34)37/h10-11,17-18,20H,3-9,12-16H2,1-2H3,(H,29,38)(H,30,31,32). The number of carbonyl (C=O) groups excluding carboxylic acids is 3. The van der Waals surface area contributed by atoms with Crippen molar-refractivity contribution in [1.29, 1.82) is 0 Å². The van der Waals surface area contributed by atoms with Gasteiger partial charge in [0, 0.05) is 57.7 Å². The Kier molecular flexibility index (Phi) is 8.13. The largest absolute Gasteiger partial charge is 0.495 e. The second-order valence-corrected chi connectivity index (χ2v) is 10.4. The van der Waals surface area contributed by atoms with E-state index in [-0.39, 0.29) is 17.7 Å². The number of nitrogens with zero attached hydrogens (tertiary/aromatic N) is 5. The molecule has 3 heterocycles. The molecule has 2 aliphatic heterocycles. The highest BCUT2D eigenvalue weighted by atomic mass is 16.5. The van der Waals surface area contributed by atoms with Crippen LogP contribution in [0.25, 0.3) is 0 Å². The number of hydrogen-bond acceptors (Lipinski definition) is 8. The van der Waals surface area contributed by atoms with Crippen LogP contribution in [0.15, 0.2) is 24.4 Å². The summed E-state index contributed by atoms with van der Waals surface area (Å²) in [7, 11) is 3.32. The second-order valence-electron chi connectivity index (χ2n) is 10.4. The molecule has 11 heteroatoms. The monoisotopic (exact) mass is 535 g/mol. The maximum atomic E-state index is 12.7. The summed E-state index contributed by atoms with van der Waals surface area (Å²) in [4.78, 5) is 52.2. The van der Waals surface area contributed by atoms with Gasteiger partial charge in [-0.2, -0.15) is 4.98 Å². The van der Waals surface area contributed by atoms with Gasteiger partial charge in [-0.25, -0.2) is 4.98 Å². The van der Waals surface area contributed by atoms with Crippen molar-refractivity contribution in [3.05, 3.63) is 30.0 Å². The molecule has 0 unspecified atom stereocenters. The summed E-state index contributed by atoms with van der Waals surface area (Å²) >= 11 is 0. The van der Waals surface area contributed by atoms with Crippen LogP contribution in [0.3, 0.4) is 0 Å². The molecule has 1 saturated heterocycles. The van der Waals surface area contributed by atoms with Gasteiger partial charge >= 0.3 is 0 Å². The van der Waals surface area contributed by atoms with Crippen LogP contribution in [0, 0.1) is 0 Å². The molecule has 2 N–H and O–H groups in total. The summed E-state index contributed by atoms with van der Waals surface area (Å²) < 4.78 is 5.57. The van der Waals surface area contributed by atoms with Crippen molar-refractivity contribution in [2.24, 2.45) is 0 Å². The molecule has 3 amide bonds. The maximum absolute atomic E-state index is 12.7. The van der Waals surface area contributed by atoms with E-state index in [1.54, 1.807) is 43.5 Å². The number of rotatable bonds is 9. The number of carbonyl (C=O) groups is 3. The lowest BCUT2D eigenvalue weighted by molar-refractivity contribution is -0.127. The number of ether oxygens (including phenoxy) is 1. The van der Waals surface area contributed by atoms with Gasteiger partial charge in [-0.05, 0) is 43.9 Å². The smallest absolute Gasteiger partial charge is 0.251 e. The van der Waals surface area contributed by atoms with E-state index in [4.69, 9.17) is 9.72 Å². The zero-order chi connectivity index (χ0) is 27.4. The van der Waals surface area contributed by atoms with Crippen molar-refractivity contribution in [2.45, 2.75) is 57.4 Å². The highest BCUT2D eigenvalue weighted by Gasteiger charge is 2.31. The molecular formula is C28H37N7O4. The van der Waals surface area contributed by atoms with E-state index >= 15 is 0 Å². The molecule has 1 aromatic heterocycles. The molecule has 2 fully saturated rings. The average Bonchev–Trinajstić information content (AvgIpc) is 3.61. The molecule has 0 atom stereocenters. The van der Waals surface area contributed by atoms with Crippen LogP contribution in [0.5, 0.6) is 5.75 Å². The molecule has 3 aliphatic rings. The van der Waals surface area contributed by atoms with Gasteiger partial charge in [0.15, 0.2) is 5.82 Å². The van der Waals surface area contributed by atoms with Gasteiger partial charge in [-0.1, -0.05) is 12.8 Å². The Labute approximate surface area is 228 Å². The first-order valence-corrected chi connectivity index (χ1v) is 13.9. The van der Waals surface area contributed by atoms with Crippen LogP contribution in [0.1, 0.15) is 61.7 Å². The zero-order valence-corrected chi connectivity index (χ0v) is 22.7. The first kappa shape index (κ1) is 26.7. The highest BCUT2D eigenvalue weighted by Crippen LogP contribution is 2.37. The van der Waals surface area contributed by atoms with Crippen molar-refractivity contribution in [2.75, 3.05) is 55.5 Å². The lowest BCUT2D eigenvalue weighted by Crippen LogP contribution is -2.34. The summed E-state index contributed by atoms with van der Waals surface area (Å²) in [6.07, 6.45) is 8.95. The fourth-order valence-electron chi connectivity index (χ4n) is 5.64. The third-order valence-corrected chi connectivity index (χ3v) is 7.86. The normalized spacial score (nSPS) is 17.8. The van der Waals surface area contributed by atoms with E-state index in [0.29, 0.717) is 73.6 Å². The molecule has 5 rings (SSSR count). The van der Waals surface area contributed by atoms with Crippen LogP contribution < -0.4 is 25.2 Å². The number of aromatic nitrogens is 2. The van der Waals surface area contributed by atoms with Crippen LogP contribution in [0.2, 0.25) is 0 Å². The summed E-state index contributed by atoms with van der Waals surface area (Å²) in [5, 5.41) is 6.16. The van der Waals surface area contributed by atoms with E-state index in [0.717, 1.165) is 31.6 Å². The molecule has 208 valence electrons. The van der Waals surface area contributed by atoms with Crippen molar-refractivity contribution in [3.8, 4) is 5.75 Å². The summed E-state index contributed by atoms with van der Waals surface area (Å²) in [6, 6.07) is 5.55. The predicted molar refractivity (Wildman–Crippen MR) is 149 cm³/mol. The molecule has 0 radical (unpaired) electrons. The van der Waals surface area contributed by atoms with Gasteiger partial charge in [-0.15, -0.1) is 0 Å². The molecule has 39 heavy (non-hydrogen) atoms. The minimum atomic E-state index is -0.200. The molecule has 1 aromatic carbocycles. The molecular weight excluding hydrogens is 498 g/mol. The molecule has 11 nitrogen and oxygen atoms in total. The first-order chi connectivity index (χ1) is 18.9. The number of likely N-dealkylation sites (tertiary alicyclic amines) is 1. The Morgan fingerprint density at radius 2 is 1.92 bits per heavy atom. The lowest BCUT2D eigenvalue weighted by atomic mass is 10.1. The quantitative estimate of drug-likeness (QED) is 0.470.